The standard InChI is InChI=1S/C14H22N2O3S/c1-4-8-16-10-11(3)19-14-7-6-12(9-13(14)16)20(17,18)15-5-2/h6-7,9,11,15H,4-5,8,10H2,1-3H3. The van der Waals surface area contributed by atoms with Crippen molar-refractivity contribution in [3.8, 4) is 5.75 Å². The van der Waals surface area contributed by atoms with Crippen molar-refractivity contribution in [1.82, 2.24) is 4.72 Å². The maximum Gasteiger partial charge on any atom is 0.240 e. The summed E-state index contributed by atoms with van der Waals surface area (Å²) in [6, 6.07) is 5.05. The summed E-state index contributed by atoms with van der Waals surface area (Å²) in [5.41, 5.74) is 0.865. The normalized spacial score (nSPS) is 18.6. The molecule has 6 heteroatoms. The smallest absolute Gasteiger partial charge is 0.240 e. The van der Waals surface area contributed by atoms with Gasteiger partial charge >= 0.3 is 0 Å². The number of rotatable bonds is 5. The molecule has 0 spiro atoms. The SMILES string of the molecule is CCCN1CC(C)Oc2ccc(S(=O)(=O)NCC)cc21. The molecule has 112 valence electrons. The van der Waals surface area contributed by atoms with E-state index < -0.39 is 10.0 Å². The Bertz CT molecular complexity index is 572. The van der Waals surface area contributed by atoms with Crippen LogP contribution in [0.15, 0.2) is 23.1 Å². The van der Waals surface area contributed by atoms with Crippen LogP contribution in [0.3, 0.4) is 0 Å². The van der Waals surface area contributed by atoms with Crippen LogP contribution in [0.2, 0.25) is 0 Å². The lowest BCUT2D eigenvalue weighted by atomic mass is 10.2. The Morgan fingerprint density at radius 2 is 2.15 bits per heavy atom. The molecule has 1 aliphatic rings. The first-order valence-corrected chi connectivity index (χ1v) is 8.51. The molecule has 0 radical (unpaired) electrons. The van der Waals surface area contributed by atoms with Gasteiger partial charge < -0.3 is 9.64 Å². The van der Waals surface area contributed by atoms with E-state index in [9.17, 15) is 8.42 Å². The summed E-state index contributed by atoms with van der Waals surface area (Å²) in [7, 11) is -3.43. The Morgan fingerprint density at radius 1 is 1.40 bits per heavy atom. The average Bonchev–Trinajstić information content (AvgIpc) is 2.38. The molecule has 1 aromatic rings. The van der Waals surface area contributed by atoms with Crippen LogP contribution in [0.25, 0.3) is 0 Å². The Labute approximate surface area is 121 Å². The Balaban J connectivity index is 2.41. The number of fused-ring (bicyclic) bond motifs is 1. The first kappa shape index (κ1) is 15.1. The van der Waals surface area contributed by atoms with E-state index in [4.69, 9.17) is 4.74 Å². The molecular formula is C14H22N2O3S. The van der Waals surface area contributed by atoms with Gasteiger partial charge in [-0.25, -0.2) is 13.1 Å². The Hall–Kier alpha value is -1.27. The van der Waals surface area contributed by atoms with Gasteiger partial charge in [0.2, 0.25) is 10.0 Å². The topological polar surface area (TPSA) is 58.6 Å². The lowest BCUT2D eigenvalue weighted by Gasteiger charge is -2.35. The van der Waals surface area contributed by atoms with Crippen molar-refractivity contribution in [3.05, 3.63) is 18.2 Å². The summed E-state index contributed by atoms with van der Waals surface area (Å²) in [5.74, 6) is 0.757. The zero-order valence-electron chi connectivity index (χ0n) is 12.2. The van der Waals surface area contributed by atoms with E-state index in [0.29, 0.717) is 6.54 Å². The minimum Gasteiger partial charge on any atom is -0.487 e. The van der Waals surface area contributed by atoms with E-state index in [1.807, 2.05) is 6.92 Å². The fraction of sp³-hybridized carbons (Fsp3) is 0.571. The third-order valence-electron chi connectivity index (χ3n) is 3.21. The van der Waals surface area contributed by atoms with Crippen molar-refractivity contribution in [3.63, 3.8) is 0 Å². The Morgan fingerprint density at radius 3 is 2.80 bits per heavy atom. The summed E-state index contributed by atoms with van der Waals surface area (Å²) >= 11 is 0. The van der Waals surface area contributed by atoms with Crippen LogP contribution in [0, 0.1) is 0 Å². The molecule has 0 bridgehead atoms. The summed E-state index contributed by atoms with van der Waals surface area (Å²) in [5, 5.41) is 0. The van der Waals surface area contributed by atoms with Gasteiger partial charge in [0.25, 0.3) is 0 Å². The molecule has 0 aliphatic carbocycles. The molecule has 0 fully saturated rings. The number of ether oxygens (including phenoxy) is 1. The highest BCUT2D eigenvalue weighted by atomic mass is 32.2. The van der Waals surface area contributed by atoms with Crippen molar-refractivity contribution in [1.29, 1.82) is 0 Å². The van der Waals surface area contributed by atoms with E-state index in [2.05, 4.69) is 16.5 Å². The first-order chi connectivity index (χ1) is 9.47. The summed E-state index contributed by atoms with van der Waals surface area (Å²) < 4.78 is 32.4. The van der Waals surface area contributed by atoms with Crippen molar-refractivity contribution < 1.29 is 13.2 Å². The van der Waals surface area contributed by atoms with Gasteiger partial charge in [0, 0.05) is 13.1 Å². The van der Waals surface area contributed by atoms with Gasteiger partial charge in [-0.15, -0.1) is 0 Å². The molecule has 0 aromatic heterocycles. The van der Waals surface area contributed by atoms with Crippen molar-refractivity contribution in [2.24, 2.45) is 0 Å². The fourth-order valence-electron chi connectivity index (χ4n) is 2.43. The first-order valence-electron chi connectivity index (χ1n) is 7.03. The van der Waals surface area contributed by atoms with Gasteiger partial charge in [0.1, 0.15) is 11.9 Å². The van der Waals surface area contributed by atoms with Crippen LogP contribution in [0.1, 0.15) is 27.2 Å². The number of nitrogens with zero attached hydrogens (tertiary/aromatic N) is 1. The van der Waals surface area contributed by atoms with Crippen LogP contribution in [-0.4, -0.2) is 34.2 Å². The molecule has 0 saturated heterocycles. The quantitative estimate of drug-likeness (QED) is 0.903. The van der Waals surface area contributed by atoms with Crippen molar-refractivity contribution in [2.45, 2.75) is 38.2 Å². The highest BCUT2D eigenvalue weighted by Gasteiger charge is 2.24. The van der Waals surface area contributed by atoms with Gasteiger partial charge in [-0.3, -0.25) is 0 Å². The van der Waals surface area contributed by atoms with Crippen LogP contribution < -0.4 is 14.4 Å². The van der Waals surface area contributed by atoms with E-state index in [1.165, 1.54) is 0 Å². The van der Waals surface area contributed by atoms with Gasteiger partial charge in [0.05, 0.1) is 17.1 Å². The number of sulfonamides is 1. The van der Waals surface area contributed by atoms with Gasteiger partial charge in [0.15, 0.2) is 0 Å². The second kappa shape index (κ2) is 6.01. The third kappa shape index (κ3) is 3.07. The second-order valence-corrected chi connectivity index (χ2v) is 6.77. The molecule has 1 N–H and O–H groups in total. The molecule has 1 heterocycles. The van der Waals surface area contributed by atoms with Crippen LogP contribution >= 0.6 is 0 Å². The van der Waals surface area contributed by atoms with Crippen molar-refractivity contribution >= 4 is 15.7 Å². The summed E-state index contributed by atoms with van der Waals surface area (Å²) in [4.78, 5) is 2.48. The fourth-order valence-corrected chi connectivity index (χ4v) is 3.49. The molecule has 1 atom stereocenters. The molecule has 20 heavy (non-hydrogen) atoms. The van der Waals surface area contributed by atoms with Crippen LogP contribution in [0.5, 0.6) is 5.75 Å². The second-order valence-electron chi connectivity index (χ2n) is 5.01. The summed E-state index contributed by atoms with van der Waals surface area (Å²) in [6.45, 7) is 7.96. The molecule has 1 aliphatic heterocycles. The lowest BCUT2D eigenvalue weighted by molar-refractivity contribution is 0.212. The lowest BCUT2D eigenvalue weighted by Crippen LogP contribution is -2.39. The molecule has 2 rings (SSSR count). The molecule has 5 nitrogen and oxygen atoms in total. The number of anilines is 1. The van der Waals surface area contributed by atoms with E-state index in [1.54, 1.807) is 25.1 Å². The monoisotopic (exact) mass is 298 g/mol. The van der Waals surface area contributed by atoms with Crippen molar-refractivity contribution in [2.75, 3.05) is 24.5 Å². The van der Waals surface area contributed by atoms with E-state index in [0.717, 1.165) is 30.9 Å². The molecule has 1 aromatic carbocycles. The highest BCUT2D eigenvalue weighted by Crippen LogP contribution is 2.35. The van der Waals surface area contributed by atoms with E-state index in [-0.39, 0.29) is 11.0 Å². The predicted molar refractivity (Wildman–Crippen MR) is 79.9 cm³/mol. The average molecular weight is 298 g/mol. The molecule has 1 unspecified atom stereocenters. The van der Waals surface area contributed by atoms with Gasteiger partial charge in [-0.1, -0.05) is 13.8 Å². The number of benzene rings is 1. The summed E-state index contributed by atoms with van der Waals surface area (Å²) in [6.07, 6.45) is 1.13. The predicted octanol–water partition coefficient (Wildman–Crippen LogP) is 1.98. The minimum absolute atomic E-state index is 0.116. The van der Waals surface area contributed by atoms with E-state index >= 15 is 0 Å². The molecule has 0 saturated carbocycles. The zero-order chi connectivity index (χ0) is 14.8. The van der Waals surface area contributed by atoms with Gasteiger partial charge in [-0.2, -0.15) is 0 Å². The molecule has 0 amide bonds. The minimum atomic E-state index is -3.43. The highest BCUT2D eigenvalue weighted by molar-refractivity contribution is 7.89. The maximum absolute atomic E-state index is 12.1. The maximum atomic E-state index is 12.1. The molecular weight excluding hydrogens is 276 g/mol. The number of hydrogen-bond acceptors (Lipinski definition) is 4. The number of nitrogens with one attached hydrogen (secondary N) is 1. The third-order valence-corrected chi connectivity index (χ3v) is 4.76. The largest absolute Gasteiger partial charge is 0.487 e. The Kier molecular flexibility index (Phi) is 4.55. The number of hydrogen-bond donors (Lipinski definition) is 1. The van der Waals surface area contributed by atoms with Gasteiger partial charge in [-0.05, 0) is 31.5 Å². The van der Waals surface area contributed by atoms with Crippen LogP contribution in [0.4, 0.5) is 5.69 Å². The van der Waals surface area contributed by atoms with Crippen LogP contribution in [-0.2, 0) is 10.0 Å². The zero-order valence-corrected chi connectivity index (χ0v) is 13.0.